The summed E-state index contributed by atoms with van der Waals surface area (Å²) in [5.74, 6) is -19.9. The van der Waals surface area contributed by atoms with Crippen LogP contribution in [-0.2, 0) is 0 Å². The van der Waals surface area contributed by atoms with Crippen LogP contribution in [0, 0.1) is 0 Å². The van der Waals surface area contributed by atoms with E-state index in [2.05, 4.69) is 0 Å². The highest BCUT2D eigenvalue weighted by Gasteiger charge is 2.81. The summed E-state index contributed by atoms with van der Waals surface area (Å²) in [6.45, 7) is 0.214. The molecule has 146 valence electrons. The highest BCUT2D eigenvalue weighted by Crippen LogP contribution is 2.54. The fourth-order valence-corrected chi connectivity index (χ4v) is 2.61. The zero-order valence-electron chi connectivity index (χ0n) is 13.1. The molecule has 1 atom stereocenters. The Labute approximate surface area is 137 Å². The van der Waals surface area contributed by atoms with E-state index >= 15 is 0 Å². The van der Waals surface area contributed by atoms with Gasteiger partial charge in [-0.1, -0.05) is 0 Å². The van der Waals surface area contributed by atoms with E-state index in [-0.39, 0.29) is 12.3 Å². The van der Waals surface area contributed by atoms with Crippen LogP contribution < -0.4 is 0 Å². The second-order valence-corrected chi connectivity index (χ2v) is 7.45. The van der Waals surface area contributed by atoms with Gasteiger partial charge in [0.05, 0.1) is 21.1 Å². The van der Waals surface area contributed by atoms with Crippen molar-refractivity contribution in [3.8, 4) is 0 Å². The Hall–Kier alpha value is -0.360. The number of aliphatic hydroxyl groups is 1. The van der Waals surface area contributed by atoms with Gasteiger partial charge in [-0.05, 0) is 5.75 Å². The average Bonchev–Trinajstić information content (AvgIpc) is 2.30. The second kappa shape index (κ2) is 7.48. The number of rotatable bonds is 9. The number of quaternary nitrogens is 1. The zero-order chi connectivity index (χ0) is 19.6. The molecule has 2 nitrogen and oxygen atoms in total. The molecule has 0 rings (SSSR count). The fourth-order valence-electron chi connectivity index (χ4n) is 1.67. The van der Waals surface area contributed by atoms with Crippen molar-refractivity contribution in [1.82, 2.24) is 0 Å². The minimum Gasteiger partial charge on any atom is -0.386 e. The summed E-state index contributed by atoms with van der Waals surface area (Å²) in [5.41, 5.74) is 0. The number of nitrogens with zero attached hydrogens (tertiary/aromatic N) is 1. The predicted octanol–water partition coefficient (Wildman–Crippen LogP) is 3.65. The smallest absolute Gasteiger partial charge is 0.386 e. The van der Waals surface area contributed by atoms with Crippen molar-refractivity contribution >= 4 is 11.8 Å². The van der Waals surface area contributed by atoms with Crippen LogP contribution in [0.15, 0.2) is 0 Å². The van der Waals surface area contributed by atoms with Gasteiger partial charge in [-0.3, -0.25) is 0 Å². The Morgan fingerprint density at radius 3 is 1.71 bits per heavy atom. The lowest BCUT2D eigenvalue weighted by atomic mass is 10.0. The van der Waals surface area contributed by atoms with Gasteiger partial charge in [-0.25, -0.2) is 0 Å². The van der Waals surface area contributed by atoms with Crippen molar-refractivity contribution < 1.29 is 49.1 Å². The van der Waals surface area contributed by atoms with Gasteiger partial charge in [0.15, 0.2) is 0 Å². The van der Waals surface area contributed by atoms with Gasteiger partial charge in [0.1, 0.15) is 12.6 Å². The highest BCUT2D eigenvalue weighted by atomic mass is 32.2. The molecule has 0 saturated heterocycles. The molecular weight excluding hydrogens is 377 g/mol. The van der Waals surface area contributed by atoms with Crippen LogP contribution in [0.2, 0.25) is 0 Å². The zero-order valence-corrected chi connectivity index (χ0v) is 13.9. The molecule has 0 heterocycles. The molecule has 24 heavy (non-hydrogen) atoms. The first kappa shape index (κ1) is 23.6. The van der Waals surface area contributed by atoms with E-state index < -0.39 is 42.2 Å². The van der Waals surface area contributed by atoms with Crippen LogP contribution in [-0.4, -0.2) is 78.8 Å². The van der Waals surface area contributed by atoms with E-state index in [0.717, 1.165) is 0 Å². The minimum absolute atomic E-state index is 0.146. The number of hydrogen-bond donors (Lipinski definition) is 1. The Bertz CT molecular complexity index is 406. The van der Waals surface area contributed by atoms with Crippen LogP contribution in [0.1, 0.15) is 6.42 Å². The average molecular weight is 396 g/mol. The number of hydrogen-bond acceptors (Lipinski definition) is 2. The first-order valence-corrected chi connectivity index (χ1v) is 7.77. The fraction of sp³-hybridized carbons (Fsp3) is 1.00. The largest absolute Gasteiger partial charge is 0.460 e. The molecule has 0 radical (unpaired) electrons. The van der Waals surface area contributed by atoms with Gasteiger partial charge in [0, 0.05) is 12.2 Å². The number of halogens is 9. The molecule has 0 aromatic carbocycles. The van der Waals surface area contributed by atoms with Crippen molar-refractivity contribution in [1.29, 1.82) is 0 Å². The van der Waals surface area contributed by atoms with E-state index in [0.29, 0.717) is 16.2 Å². The molecule has 0 saturated carbocycles. The van der Waals surface area contributed by atoms with Crippen LogP contribution in [0.3, 0.4) is 0 Å². The van der Waals surface area contributed by atoms with E-state index in [4.69, 9.17) is 0 Å². The third-order valence-electron chi connectivity index (χ3n) is 2.84. The maximum atomic E-state index is 13.2. The number of thioether (sulfide) groups is 1. The van der Waals surface area contributed by atoms with Crippen molar-refractivity contribution in [2.45, 2.75) is 36.5 Å². The Balaban J connectivity index is 4.70. The summed E-state index contributed by atoms with van der Waals surface area (Å²) in [4.78, 5) is 0. The van der Waals surface area contributed by atoms with Gasteiger partial charge < -0.3 is 9.59 Å². The first-order chi connectivity index (χ1) is 10.4. The van der Waals surface area contributed by atoms with Crippen LogP contribution in [0.4, 0.5) is 39.5 Å². The Morgan fingerprint density at radius 2 is 1.33 bits per heavy atom. The molecule has 0 aliphatic carbocycles. The summed E-state index contributed by atoms with van der Waals surface area (Å²) < 4.78 is 114. The van der Waals surface area contributed by atoms with Gasteiger partial charge in [-0.15, -0.1) is 0 Å². The van der Waals surface area contributed by atoms with E-state index in [1.54, 1.807) is 21.1 Å². The molecule has 0 spiro atoms. The molecule has 1 unspecified atom stereocenters. The molecule has 0 aromatic heterocycles. The number of aliphatic hydroxyl groups excluding tert-OH is 1. The minimum atomic E-state index is -6.85. The summed E-state index contributed by atoms with van der Waals surface area (Å²) in [5, 5.41) is 9.57. The second-order valence-electron chi connectivity index (χ2n) is 6.30. The lowest BCUT2D eigenvalue weighted by molar-refractivity contribution is -0.873. The van der Waals surface area contributed by atoms with Crippen molar-refractivity contribution in [3.63, 3.8) is 0 Å². The monoisotopic (exact) mass is 396 g/mol. The molecule has 0 aromatic rings. The first-order valence-electron chi connectivity index (χ1n) is 6.61. The summed E-state index contributed by atoms with van der Waals surface area (Å²) in [6.07, 6.45) is -9.65. The molecule has 1 N–H and O–H groups in total. The van der Waals surface area contributed by atoms with Gasteiger partial charge >= 0.3 is 23.9 Å². The standard InChI is InChI=1S/C12H19F9NOS/c1-22(2,3)6-8(23)7-24-5-4-9(13,14)10(15,16)11(17,18)12(19,20)21/h8,23H,4-7H2,1-3H3/q+1. The van der Waals surface area contributed by atoms with E-state index in [1.807, 2.05) is 0 Å². The quantitative estimate of drug-likeness (QED) is 0.365. The molecule has 12 heteroatoms. The number of alkyl halides is 9. The predicted molar refractivity (Wildman–Crippen MR) is 71.7 cm³/mol. The Kier molecular flexibility index (Phi) is 7.37. The topological polar surface area (TPSA) is 20.2 Å². The highest BCUT2D eigenvalue weighted by molar-refractivity contribution is 7.99. The third-order valence-corrected chi connectivity index (χ3v) is 3.95. The molecule has 0 aliphatic heterocycles. The van der Waals surface area contributed by atoms with E-state index in [9.17, 15) is 44.6 Å². The van der Waals surface area contributed by atoms with Crippen molar-refractivity contribution in [2.75, 3.05) is 39.2 Å². The van der Waals surface area contributed by atoms with Crippen LogP contribution in [0.5, 0.6) is 0 Å². The maximum Gasteiger partial charge on any atom is 0.460 e. The molecular formula is C12H19F9NOS+. The van der Waals surface area contributed by atoms with Crippen molar-refractivity contribution in [3.05, 3.63) is 0 Å². The SMILES string of the molecule is C[N+](C)(C)CC(O)CSCCC(F)(F)C(F)(F)C(F)(F)C(F)(F)F. The maximum absolute atomic E-state index is 13.2. The van der Waals surface area contributed by atoms with Gasteiger partial charge in [0.25, 0.3) is 0 Å². The molecule has 0 aliphatic rings. The third kappa shape index (κ3) is 5.87. The van der Waals surface area contributed by atoms with E-state index in [1.165, 1.54) is 0 Å². The normalized spacial score (nSPS) is 16.4. The number of likely N-dealkylation sites (N-methyl/N-ethyl adjacent to an activating group) is 1. The molecule has 0 amide bonds. The summed E-state index contributed by atoms with van der Waals surface area (Å²) >= 11 is 0.564. The molecule has 0 fully saturated rings. The summed E-state index contributed by atoms with van der Waals surface area (Å²) in [7, 11) is 5.17. The summed E-state index contributed by atoms with van der Waals surface area (Å²) in [6, 6.07) is 0. The van der Waals surface area contributed by atoms with Crippen LogP contribution >= 0.6 is 11.8 Å². The van der Waals surface area contributed by atoms with Crippen LogP contribution in [0.25, 0.3) is 0 Å². The molecule has 0 bridgehead atoms. The lowest BCUT2D eigenvalue weighted by Crippen LogP contribution is -2.60. The van der Waals surface area contributed by atoms with Gasteiger partial charge in [-0.2, -0.15) is 51.3 Å². The van der Waals surface area contributed by atoms with Gasteiger partial charge in [0.2, 0.25) is 0 Å². The lowest BCUT2D eigenvalue weighted by Gasteiger charge is -2.33. The van der Waals surface area contributed by atoms with Crippen molar-refractivity contribution in [2.24, 2.45) is 0 Å². The Morgan fingerprint density at radius 1 is 0.875 bits per heavy atom.